The van der Waals surface area contributed by atoms with Gasteiger partial charge in [0.2, 0.25) is 0 Å². The molecule has 176 valence electrons. The van der Waals surface area contributed by atoms with Crippen LogP contribution in [0.25, 0.3) is 11.3 Å². The predicted molar refractivity (Wildman–Crippen MR) is 136 cm³/mol. The Kier molecular flexibility index (Phi) is 6.98. The van der Waals surface area contributed by atoms with Crippen molar-refractivity contribution in [1.82, 2.24) is 9.91 Å². The standard InChI is InChI=1S/C26H33ClFN5/c1-16(2)32-12-9-18(10-13-32)19-7-8-20-21(15-19)23(11-14-33(30)26(20)17(3)29)31-24-6-4-5-22(27)25(24)28/h4-9,15-16,23,31H,10-14,29-30H2,1-3H3/b26-17+. The Morgan fingerprint density at radius 3 is 2.67 bits per heavy atom. The molecule has 2 aliphatic rings. The van der Waals surface area contributed by atoms with Gasteiger partial charge >= 0.3 is 0 Å². The molecule has 2 aromatic carbocycles. The molecule has 0 saturated heterocycles. The summed E-state index contributed by atoms with van der Waals surface area (Å²) in [7, 11) is 0. The van der Waals surface area contributed by atoms with Crippen molar-refractivity contribution in [3.05, 3.63) is 75.7 Å². The number of hydrogen-bond acceptors (Lipinski definition) is 5. The zero-order chi connectivity index (χ0) is 23.7. The van der Waals surface area contributed by atoms with Crippen LogP contribution in [0, 0.1) is 5.82 Å². The summed E-state index contributed by atoms with van der Waals surface area (Å²) in [4.78, 5) is 2.46. The fourth-order valence-corrected chi connectivity index (χ4v) is 4.94. The first-order chi connectivity index (χ1) is 15.8. The molecule has 5 nitrogen and oxygen atoms in total. The minimum atomic E-state index is -0.444. The van der Waals surface area contributed by atoms with Gasteiger partial charge in [-0.25, -0.2) is 10.2 Å². The molecular formula is C26H33ClFN5. The van der Waals surface area contributed by atoms with Crippen LogP contribution in [-0.2, 0) is 0 Å². The average molecular weight is 470 g/mol. The van der Waals surface area contributed by atoms with E-state index in [1.54, 1.807) is 23.2 Å². The van der Waals surface area contributed by atoms with Crippen molar-refractivity contribution < 1.29 is 4.39 Å². The smallest absolute Gasteiger partial charge is 0.164 e. The highest BCUT2D eigenvalue weighted by Crippen LogP contribution is 2.38. The normalized spacial score (nSPS) is 20.9. The number of nitrogens with one attached hydrogen (secondary N) is 1. The SMILES string of the molecule is C/C(N)=C1/c2ccc(C3=CCN(C(C)C)CC3)cc2C(Nc2cccc(Cl)c2F)CCN1N. The summed E-state index contributed by atoms with van der Waals surface area (Å²) in [5.74, 6) is 5.94. The molecule has 0 aliphatic carbocycles. The van der Waals surface area contributed by atoms with Crippen molar-refractivity contribution in [3.8, 4) is 0 Å². The molecule has 5 N–H and O–H groups in total. The Bertz CT molecular complexity index is 1090. The molecule has 0 bridgehead atoms. The van der Waals surface area contributed by atoms with E-state index in [2.05, 4.69) is 48.3 Å². The monoisotopic (exact) mass is 469 g/mol. The van der Waals surface area contributed by atoms with Crippen molar-refractivity contribution >= 4 is 28.6 Å². The number of nitrogens with zero attached hydrogens (tertiary/aromatic N) is 2. The van der Waals surface area contributed by atoms with E-state index in [9.17, 15) is 4.39 Å². The molecule has 0 spiro atoms. The lowest BCUT2D eigenvalue weighted by atomic mass is 9.90. The van der Waals surface area contributed by atoms with E-state index in [4.69, 9.17) is 23.2 Å². The highest BCUT2D eigenvalue weighted by Gasteiger charge is 2.27. The van der Waals surface area contributed by atoms with Crippen LogP contribution in [0.15, 0.2) is 48.2 Å². The number of nitrogens with two attached hydrogens (primary N) is 2. The minimum absolute atomic E-state index is 0.100. The van der Waals surface area contributed by atoms with E-state index in [1.165, 1.54) is 11.1 Å². The number of fused-ring (bicyclic) bond motifs is 1. The lowest BCUT2D eigenvalue weighted by molar-refractivity contribution is 0.245. The molecule has 0 fully saturated rings. The second-order valence-electron chi connectivity index (χ2n) is 9.18. The number of allylic oxidation sites excluding steroid dienone is 1. The first-order valence-electron chi connectivity index (χ1n) is 11.5. The summed E-state index contributed by atoms with van der Waals surface area (Å²) in [6, 6.07) is 11.9. The van der Waals surface area contributed by atoms with Gasteiger partial charge in [-0.15, -0.1) is 0 Å². The van der Waals surface area contributed by atoms with Gasteiger partial charge in [0.15, 0.2) is 5.82 Å². The van der Waals surface area contributed by atoms with E-state index in [1.807, 2.05) is 6.92 Å². The number of benzene rings is 2. The largest absolute Gasteiger partial charge is 0.401 e. The van der Waals surface area contributed by atoms with Crippen molar-refractivity contribution in [3.63, 3.8) is 0 Å². The second kappa shape index (κ2) is 9.75. The maximum atomic E-state index is 14.7. The lowest BCUT2D eigenvalue weighted by Crippen LogP contribution is -2.34. The van der Waals surface area contributed by atoms with Gasteiger partial charge in [-0.2, -0.15) is 0 Å². The fourth-order valence-electron chi connectivity index (χ4n) is 4.76. The number of anilines is 1. The van der Waals surface area contributed by atoms with E-state index >= 15 is 0 Å². The zero-order valence-electron chi connectivity index (χ0n) is 19.5. The Balaban J connectivity index is 1.77. The van der Waals surface area contributed by atoms with Crippen molar-refractivity contribution in [1.29, 1.82) is 0 Å². The molecule has 0 saturated carbocycles. The van der Waals surface area contributed by atoms with Crippen LogP contribution in [0.4, 0.5) is 10.1 Å². The highest BCUT2D eigenvalue weighted by molar-refractivity contribution is 6.31. The van der Waals surface area contributed by atoms with Gasteiger partial charge in [0, 0.05) is 36.9 Å². The summed E-state index contributed by atoms with van der Waals surface area (Å²) in [6.45, 7) is 8.89. The predicted octanol–water partition coefficient (Wildman–Crippen LogP) is 5.36. The summed E-state index contributed by atoms with van der Waals surface area (Å²) in [5.41, 5.74) is 12.7. The summed E-state index contributed by atoms with van der Waals surface area (Å²) < 4.78 is 14.7. The summed E-state index contributed by atoms with van der Waals surface area (Å²) in [5, 5.41) is 5.18. The van der Waals surface area contributed by atoms with Gasteiger partial charge < -0.3 is 16.1 Å². The molecule has 0 amide bonds. The van der Waals surface area contributed by atoms with Crippen molar-refractivity contribution in [2.45, 2.75) is 45.7 Å². The molecular weight excluding hydrogens is 437 g/mol. The summed E-state index contributed by atoms with van der Waals surface area (Å²) in [6.07, 6.45) is 4.01. The second-order valence-corrected chi connectivity index (χ2v) is 9.59. The Labute approximate surface area is 200 Å². The first-order valence-corrected chi connectivity index (χ1v) is 11.9. The van der Waals surface area contributed by atoms with Gasteiger partial charge in [-0.05, 0) is 68.5 Å². The molecule has 0 radical (unpaired) electrons. The molecule has 1 atom stereocenters. The number of halogens is 2. The third-order valence-corrected chi connectivity index (χ3v) is 6.92. The van der Waals surface area contributed by atoms with Gasteiger partial charge in [0.25, 0.3) is 0 Å². The van der Waals surface area contributed by atoms with Crippen LogP contribution in [-0.4, -0.2) is 35.6 Å². The molecule has 4 rings (SSSR count). The van der Waals surface area contributed by atoms with Gasteiger partial charge in [-0.1, -0.05) is 35.9 Å². The molecule has 7 heteroatoms. The zero-order valence-corrected chi connectivity index (χ0v) is 20.3. The maximum absolute atomic E-state index is 14.7. The average Bonchev–Trinajstić information content (AvgIpc) is 2.92. The van der Waals surface area contributed by atoms with E-state index in [0.717, 1.165) is 36.3 Å². The fraction of sp³-hybridized carbons (Fsp3) is 0.385. The molecule has 2 heterocycles. The van der Waals surface area contributed by atoms with E-state index in [0.29, 0.717) is 30.4 Å². The molecule has 0 aromatic heterocycles. The van der Waals surface area contributed by atoms with Gasteiger partial charge in [0.1, 0.15) is 0 Å². The van der Waals surface area contributed by atoms with Gasteiger partial charge in [-0.3, -0.25) is 4.90 Å². The molecule has 1 unspecified atom stereocenters. The number of rotatable bonds is 4. The van der Waals surface area contributed by atoms with Crippen LogP contribution < -0.4 is 16.9 Å². The highest BCUT2D eigenvalue weighted by atomic mass is 35.5. The van der Waals surface area contributed by atoms with Crippen LogP contribution >= 0.6 is 11.6 Å². The molecule has 2 aliphatic heterocycles. The van der Waals surface area contributed by atoms with Crippen molar-refractivity contribution in [2.75, 3.05) is 25.0 Å². The quantitative estimate of drug-likeness (QED) is 0.526. The van der Waals surface area contributed by atoms with E-state index < -0.39 is 5.82 Å². The Morgan fingerprint density at radius 2 is 2.00 bits per heavy atom. The Hall–Kier alpha value is -2.54. The molecule has 2 aromatic rings. The summed E-state index contributed by atoms with van der Waals surface area (Å²) >= 11 is 6.03. The van der Waals surface area contributed by atoms with Crippen LogP contribution in [0.5, 0.6) is 0 Å². The topological polar surface area (TPSA) is 70.5 Å². The van der Waals surface area contributed by atoms with Gasteiger partial charge in [0.05, 0.1) is 22.4 Å². The van der Waals surface area contributed by atoms with Crippen LogP contribution in [0.2, 0.25) is 5.02 Å². The number of hydrazine groups is 1. The van der Waals surface area contributed by atoms with Crippen LogP contribution in [0.3, 0.4) is 0 Å². The van der Waals surface area contributed by atoms with Crippen LogP contribution in [0.1, 0.15) is 56.3 Å². The maximum Gasteiger partial charge on any atom is 0.164 e. The minimum Gasteiger partial charge on any atom is -0.401 e. The third kappa shape index (κ3) is 4.88. The molecule has 33 heavy (non-hydrogen) atoms. The third-order valence-electron chi connectivity index (χ3n) is 6.62. The Morgan fingerprint density at radius 1 is 1.21 bits per heavy atom. The first kappa shape index (κ1) is 23.6. The van der Waals surface area contributed by atoms with E-state index in [-0.39, 0.29) is 11.1 Å². The lowest BCUT2D eigenvalue weighted by Gasteiger charge is -2.30. The van der Waals surface area contributed by atoms with Crippen molar-refractivity contribution in [2.24, 2.45) is 11.6 Å². The number of hydrogen-bond donors (Lipinski definition) is 3.